The van der Waals surface area contributed by atoms with Crippen LogP contribution in [0.3, 0.4) is 0 Å². The summed E-state index contributed by atoms with van der Waals surface area (Å²) in [6.07, 6.45) is 1.83. The van der Waals surface area contributed by atoms with Gasteiger partial charge in [0.15, 0.2) is 0 Å². The minimum atomic E-state index is 0. The van der Waals surface area contributed by atoms with Crippen LogP contribution in [0.5, 0.6) is 0 Å². The van der Waals surface area contributed by atoms with Gasteiger partial charge in [-0.2, -0.15) is 0 Å². The average Bonchev–Trinajstić information content (AvgIpc) is 1.37. The van der Waals surface area contributed by atoms with Crippen LogP contribution in [0.2, 0.25) is 5.02 Å². The zero-order valence-corrected chi connectivity index (χ0v) is 5.19. The Bertz CT molecular complexity index is 20.9. The predicted molar refractivity (Wildman–Crippen MR) is 22.3 cm³/mol. The van der Waals surface area contributed by atoms with Crippen LogP contribution in [-0.2, 0) is 18.3 Å². The molecule has 0 aliphatic rings. The average molecular weight is 180 g/mol. The molecule has 0 amide bonds. The van der Waals surface area contributed by atoms with Gasteiger partial charge in [0, 0.05) is 0 Å². The van der Waals surface area contributed by atoms with Gasteiger partial charge in [-0.25, -0.2) is 0 Å². The third-order valence-electron chi connectivity index (χ3n) is 0.0962. The Hall–Kier alpha value is 0.653. The van der Waals surface area contributed by atoms with Crippen molar-refractivity contribution in [1.82, 2.24) is 0 Å². The van der Waals surface area contributed by atoms with Crippen molar-refractivity contribution < 1.29 is 18.3 Å². The molecular weight excluding hydrogens is 174 g/mol. The number of hydrogen-bond acceptors (Lipinski definition) is 0. The topological polar surface area (TPSA) is 0 Å². The molecule has 0 aliphatic heterocycles. The standard InChI is InChI=1S/C3H5.ClH.Rh/c1-3-2;;/h3H,1-2H2;1H;. The van der Waals surface area contributed by atoms with Crippen LogP contribution in [0.25, 0.3) is 0 Å². The van der Waals surface area contributed by atoms with Gasteiger partial charge in [-0.1, -0.05) is 0 Å². The van der Waals surface area contributed by atoms with Gasteiger partial charge in [-0.15, -0.1) is 12.4 Å². The minimum absolute atomic E-state index is 0. The molecule has 0 heterocycles. The number of allylic oxidation sites excluding steroid dienone is 1. The number of rotatable bonds is 1. The van der Waals surface area contributed by atoms with Gasteiger partial charge in [-0.05, 0) is 0 Å². The van der Waals surface area contributed by atoms with Gasteiger partial charge in [0.25, 0.3) is 0 Å². The van der Waals surface area contributed by atoms with E-state index < -0.39 is 0 Å². The molecule has 0 N–H and O–H groups in total. The molecule has 0 aromatic carbocycles. The van der Waals surface area contributed by atoms with Crippen molar-refractivity contribution in [1.29, 1.82) is 0 Å². The fraction of sp³-hybridized carbons (Fsp3) is 0.333. The molecule has 0 aliphatic carbocycles. The van der Waals surface area contributed by atoms with Crippen LogP contribution in [0.1, 0.15) is 0 Å². The van der Waals surface area contributed by atoms with Crippen molar-refractivity contribution in [3.8, 4) is 0 Å². The summed E-state index contributed by atoms with van der Waals surface area (Å²) in [6, 6.07) is 0. The Balaban J connectivity index is 0. The van der Waals surface area contributed by atoms with Crippen molar-refractivity contribution >= 4 is 12.4 Å². The van der Waals surface area contributed by atoms with Crippen LogP contribution in [0.15, 0.2) is 12.7 Å². The quantitative estimate of drug-likeness (QED) is 0.424. The van der Waals surface area contributed by atoms with Crippen molar-refractivity contribution in [3.05, 3.63) is 12.7 Å². The molecule has 0 spiro atoms. The Morgan fingerprint density at radius 3 is 2.00 bits per heavy atom. The van der Waals surface area contributed by atoms with Crippen LogP contribution >= 0.6 is 12.4 Å². The maximum atomic E-state index is 3.45. The molecule has 0 fully saturated rings. The van der Waals surface area contributed by atoms with Crippen LogP contribution in [-0.4, -0.2) is 0 Å². The third-order valence-corrected chi connectivity index (χ3v) is 0.569. The second-order valence-electron chi connectivity index (χ2n) is 0.425. The van der Waals surface area contributed by atoms with E-state index in [-0.39, 0.29) is 12.4 Å². The summed E-state index contributed by atoms with van der Waals surface area (Å²) < 4.78 is 0. The molecule has 0 aromatic rings. The molecule has 0 aromatic heterocycles. The molecule has 0 saturated carbocycles. The zero-order chi connectivity index (χ0) is 3.41. The maximum Gasteiger partial charge on any atom is -0.147 e. The van der Waals surface area contributed by atoms with E-state index in [9.17, 15) is 0 Å². The van der Waals surface area contributed by atoms with Crippen LogP contribution in [0.4, 0.5) is 0 Å². The first-order valence-electron chi connectivity index (χ1n) is 1.05. The minimum Gasteiger partial charge on any atom is -0.147 e. The van der Waals surface area contributed by atoms with Gasteiger partial charge in [0.2, 0.25) is 0 Å². The largest absolute Gasteiger partial charge is 0.147 e. The Morgan fingerprint density at radius 1 is 1.80 bits per heavy atom. The van der Waals surface area contributed by atoms with Gasteiger partial charge >= 0.3 is 36.0 Å². The number of halogens is 1. The molecule has 0 saturated heterocycles. The molecule has 0 bridgehead atoms. The van der Waals surface area contributed by atoms with Gasteiger partial charge < -0.3 is 0 Å². The van der Waals surface area contributed by atoms with E-state index in [4.69, 9.17) is 0 Å². The van der Waals surface area contributed by atoms with Gasteiger partial charge in [-0.3, -0.25) is 0 Å². The summed E-state index contributed by atoms with van der Waals surface area (Å²) in [5, 5.41) is 0.973. The molecular formula is C3H6ClRh. The van der Waals surface area contributed by atoms with Crippen molar-refractivity contribution in [2.24, 2.45) is 0 Å². The van der Waals surface area contributed by atoms with Gasteiger partial charge in [0.1, 0.15) is 0 Å². The number of hydrogen-bond donors (Lipinski definition) is 0. The van der Waals surface area contributed by atoms with E-state index in [1.54, 1.807) is 0 Å². The third kappa shape index (κ3) is 12.0. The first kappa shape index (κ1) is 9.17. The molecule has 0 radical (unpaired) electrons. The molecule has 0 nitrogen and oxygen atoms in total. The summed E-state index contributed by atoms with van der Waals surface area (Å²) in [5.74, 6) is 0. The van der Waals surface area contributed by atoms with Crippen molar-refractivity contribution in [2.45, 2.75) is 5.02 Å². The first-order valence-corrected chi connectivity index (χ1v) is 2.21. The maximum absolute atomic E-state index is 3.45. The van der Waals surface area contributed by atoms with Crippen LogP contribution < -0.4 is 0 Å². The second kappa shape index (κ2) is 8.82. The molecule has 5 heavy (non-hydrogen) atoms. The van der Waals surface area contributed by atoms with Crippen LogP contribution in [0, 0.1) is 0 Å². The Kier molecular flexibility index (Phi) is 16.2. The van der Waals surface area contributed by atoms with E-state index in [1.165, 1.54) is 0 Å². The SMILES string of the molecule is C=C[CH2][Rh].Cl. The summed E-state index contributed by atoms with van der Waals surface area (Å²) >= 11 is 2.69. The van der Waals surface area contributed by atoms with E-state index in [0.29, 0.717) is 0 Å². The van der Waals surface area contributed by atoms with E-state index in [2.05, 4.69) is 24.9 Å². The molecule has 0 rings (SSSR count). The summed E-state index contributed by atoms with van der Waals surface area (Å²) in [7, 11) is 0. The fourth-order valence-electron chi connectivity index (χ4n) is 0. The van der Waals surface area contributed by atoms with Crippen molar-refractivity contribution in [3.63, 3.8) is 0 Å². The summed E-state index contributed by atoms with van der Waals surface area (Å²) in [4.78, 5) is 0. The van der Waals surface area contributed by atoms with E-state index in [1.807, 2.05) is 6.08 Å². The molecule has 0 atom stereocenters. The van der Waals surface area contributed by atoms with E-state index in [0.717, 1.165) is 5.02 Å². The Labute approximate surface area is 48.7 Å². The predicted octanol–water partition coefficient (Wildman–Crippen LogP) is 1.56. The van der Waals surface area contributed by atoms with Crippen molar-refractivity contribution in [2.75, 3.05) is 0 Å². The smallest absolute Gasteiger partial charge is 0.147 e. The Morgan fingerprint density at radius 2 is 2.00 bits per heavy atom. The normalized spacial score (nSPS) is 5.20. The van der Waals surface area contributed by atoms with E-state index >= 15 is 0 Å². The zero-order valence-electron chi connectivity index (χ0n) is 2.73. The summed E-state index contributed by atoms with van der Waals surface area (Å²) in [5.41, 5.74) is 0. The molecule has 2 heteroatoms. The first-order chi connectivity index (χ1) is 1.91. The molecule has 34 valence electrons. The summed E-state index contributed by atoms with van der Waals surface area (Å²) in [6.45, 7) is 3.45. The fourth-order valence-corrected chi connectivity index (χ4v) is 0. The second-order valence-corrected chi connectivity index (χ2v) is 1.09. The van der Waals surface area contributed by atoms with Gasteiger partial charge in [0.05, 0.1) is 0 Å². The molecule has 0 unspecified atom stereocenters. The monoisotopic (exact) mass is 180 g/mol.